The van der Waals surface area contributed by atoms with Gasteiger partial charge in [0.1, 0.15) is 5.75 Å². The van der Waals surface area contributed by atoms with E-state index in [4.69, 9.17) is 15.6 Å². The Hall–Kier alpha value is -1.55. The first-order valence-electron chi connectivity index (χ1n) is 5.35. The van der Waals surface area contributed by atoms with Gasteiger partial charge < -0.3 is 15.6 Å². The first-order valence-corrected chi connectivity index (χ1v) is 5.35. The number of hydrogen-bond acceptors (Lipinski definition) is 4. The number of ether oxygens (including phenoxy) is 1. The molecule has 3 N–H and O–H groups in total. The third-order valence-corrected chi connectivity index (χ3v) is 2.61. The van der Waals surface area contributed by atoms with Crippen LogP contribution in [-0.2, 0) is 6.61 Å². The lowest BCUT2D eigenvalue weighted by Gasteiger charge is -2.09. The van der Waals surface area contributed by atoms with Crippen molar-refractivity contribution in [2.24, 2.45) is 4.99 Å². The number of aliphatic imine (C=N–C) groups is 1. The molecular weight excluding hydrogens is 204 g/mol. The molecule has 4 nitrogen and oxygen atoms in total. The molecule has 4 heteroatoms. The minimum absolute atomic E-state index is 0.0269. The fraction of sp³-hybridized carbons (Fsp3) is 0.417. The van der Waals surface area contributed by atoms with E-state index in [0.29, 0.717) is 17.5 Å². The van der Waals surface area contributed by atoms with E-state index in [0.717, 1.165) is 24.0 Å². The molecule has 86 valence electrons. The second kappa shape index (κ2) is 4.53. The van der Waals surface area contributed by atoms with Gasteiger partial charge in [-0.2, -0.15) is 0 Å². The number of anilines is 1. The Balaban J connectivity index is 2.32. The maximum absolute atomic E-state index is 9.12. The number of hydrogen-bond donors (Lipinski definition) is 2. The number of methoxy groups -OCH3 is 1. The van der Waals surface area contributed by atoms with Crippen LogP contribution in [0.3, 0.4) is 0 Å². The third kappa shape index (κ3) is 2.33. The summed E-state index contributed by atoms with van der Waals surface area (Å²) in [5.74, 6) is 0.587. The van der Waals surface area contributed by atoms with Crippen molar-refractivity contribution in [3.05, 3.63) is 23.3 Å². The highest BCUT2D eigenvalue weighted by Gasteiger charge is 2.19. The third-order valence-electron chi connectivity index (χ3n) is 2.61. The van der Waals surface area contributed by atoms with Gasteiger partial charge >= 0.3 is 0 Å². The summed E-state index contributed by atoms with van der Waals surface area (Å²) in [6.45, 7) is -0.0269. The zero-order chi connectivity index (χ0) is 11.5. The van der Waals surface area contributed by atoms with Gasteiger partial charge in [0.2, 0.25) is 0 Å². The van der Waals surface area contributed by atoms with Gasteiger partial charge in [0, 0.05) is 11.8 Å². The lowest BCUT2D eigenvalue weighted by atomic mass is 10.1. The van der Waals surface area contributed by atoms with Crippen molar-refractivity contribution in [1.29, 1.82) is 0 Å². The molecule has 2 rings (SSSR count). The molecule has 1 saturated carbocycles. The summed E-state index contributed by atoms with van der Waals surface area (Å²) in [6, 6.07) is 4.04. The maximum atomic E-state index is 9.12. The van der Waals surface area contributed by atoms with Crippen molar-refractivity contribution in [3.63, 3.8) is 0 Å². The van der Waals surface area contributed by atoms with Crippen LogP contribution in [0.5, 0.6) is 5.75 Å². The molecule has 0 radical (unpaired) electrons. The first kappa shape index (κ1) is 11.0. The quantitative estimate of drug-likeness (QED) is 0.594. The molecule has 16 heavy (non-hydrogen) atoms. The van der Waals surface area contributed by atoms with Crippen molar-refractivity contribution in [2.75, 3.05) is 12.8 Å². The summed E-state index contributed by atoms with van der Waals surface area (Å²) in [4.78, 5) is 4.38. The summed E-state index contributed by atoms with van der Waals surface area (Å²) >= 11 is 0. The van der Waals surface area contributed by atoms with Crippen LogP contribution in [0, 0.1) is 0 Å². The van der Waals surface area contributed by atoms with E-state index in [1.807, 2.05) is 6.07 Å². The smallest absolute Gasteiger partial charge is 0.142 e. The number of nitrogen functional groups attached to an aromatic ring is 1. The Morgan fingerprint density at radius 3 is 2.88 bits per heavy atom. The van der Waals surface area contributed by atoms with Crippen LogP contribution < -0.4 is 10.5 Å². The lowest BCUT2D eigenvalue weighted by Crippen LogP contribution is -2.00. The van der Waals surface area contributed by atoms with Crippen molar-refractivity contribution < 1.29 is 9.84 Å². The Bertz CT molecular complexity index is 412. The highest BCUT2D eigenvalue weighted by atomic mass is 16.5. The zero-order valence-electron chi connectivity index (χ0n) is 9.31. The summed E-state index contributed by atoms with van der Waals surface area (Å²) in [7, 11) is 1.56. The Morgan fingerprint density at radius 2 is 2.31 bits per heavy atom. The fourth-order valence-corrected chi connectivity index (χ4v) is 1.48. The highest BCUT2D eigenvalue weighted by Crippen LogP contribution is 2.28. The van der Waals surface area contributed by atoms with Gasteiger partial charge in [-0.3, -0.25) is 4.99 Å². The molecule has 0 spiro atoms. The van der Waals surface area contributed by atoms with Gasteiger partial charge in [-0.05, 0) is 30.5 Å². The summed E-state index contributed by atoms with van der Waals surface area (Å²) in [5, 5.41) is 9.12. The number of aliphatic hydroxyl groups is 1. The largest absolute Gasteiger partial charge is 0.495 e. The molecule has 0 aromatic heterocycles. The summed E-state index contributed by atoms with van der Waals surface area (Å²) < 4.78 is 5.15. The fourth-order valence-electron chi connectivity index (χ4n) is 1.48. The van der Waals surface area contributed by atoms with Crippen LogP contribution >= 0.6 is 0 Å². The van der Waals surface area contributed by atoms with Crippen molar-refractivity contribution >= 4 is 11.9 Å². The van der Waals surface area contributed by atoms with Crippen molar-refractivity contribution in [3.8, 4) is 5.75 Å². The Morgan fingerprint density at radius 1 is 1.56 bits per heavy atom. The molecule has 0 aliphatic heterocycles. The Kier molecular flexibility index (Phi) is 3.10. The second-order valence-electron chi connectivity index (χ2n) is 3.97. The molecule has 0 unspecified atom stereocenters. The monoisotopic (exact) mass is 220 g/mol. The van der Waals surface area contributed by atoms with Crippen LogP contribution in [-0.4, -0.2) is 24.5 Å². The second-order valence-corrected chi connectivity index (χ2v) is 3.97. The molecule has 1 aromatic rings. The van der Waals surface area contributed by atoms with E-state index in [2.05, 4.69) is 4.99 Å². The van der Waals surface area contributed by atoms with E-state index in [1.54, 1.807) is 19.4 Å². The van der Waals surface area contributed by atoms with Gasteiger partial charge in [0.25, 0.3) is 0 Å². The minimum Gasteiger partial charge on any atom is -0.495 e. The van der Waals surface area contributed by atoms with Gasteiger partial charge in [0.15, 0.2) is 0 Å². The van der Waals surface area contributed by atoms with Crippen LogP contribution in [0.25, 0.3) is 0 Å². The average molecular weight is 220 g/mol. The van der Waals surface area contributed by atoms with E-state index in [9.17, 15) is 0 Å². The summed E-state index contributed by atoms with van der Waals surface area (Å²) in [6.07, 6.45) is 4.09. The van der Waals surface area contributed by atoms with Crippen LogP contribution in [0.4, 0.5) is 5.69 Å². The van der Waals surface area contributed by atoms with E-state index in [-0.39, 0.29) is 6.61 Å². The minimum atomic E-state index is -0.0269. The molecule has 0 atom stereocenters. The van der Waals surface area contributed by atoms with Gasteiger partial charge in [-0.15, -0.1) is 0 Å². The lowest BCUT2D eigenvalue weighted by molar-refractivity contribution is 0.281. The highest BCUT2D eigenvalue weighted by molar-refractivity contribution is 5.89. The number of benzene rings is 1. The number of nitrogens with two attached hydrogens (primary N) is 1. The number of aliphatic hydroxyl groups excluding tert-OH is 1. The molecule has 0 bridgehead atoms. The average Bonchev–Trinajstić information content (AvgIpc) is 3.11. The number of rotatable bonds is 4. The predicted molar refractivity (Wildman–Crippen MR) is 63.9 cm³/mol. The molecule has 1 aliphatic rings. The molecule has 1 aliphatic carbocycles. The molecule has 0 heterocycles. The van der Waals surface area contributed by atoms with E-state index < -0.39 is 0 Å². The zero-order valence-corrected chi connectivity index (χ0v) is 9.31. The predicted octanol–water partition coefficient (Wildman–Crippen LogP) is 1.35. The SMILES string of the molecule is COc1cc(CO)cc(C=NC2CC2)c1N. The topological polar surface area (TPSA) is 67.8 Å². The van der Waals surface area contributed by atoms with E-state index in [1.165, 1.54) is 0 Å². The molecular formula is C12H16N2O2. The van der Waals surface area contributed by atoms with Crippen LogP contribution in [0.15, 0.2) is 17.1 Å². The van der Waals surface area contributed by atoms with Crippen molar-refractivity contribution in [2.45, 2.75) is 25.5 Å². The molecule has 1 fully saturated rings. The van der Waals surface area contributed by atoms with Crippen molar-refractivity contribution in [1.82, 2.24) is 0 Å². The molecule has 0 amide bonds. The number of nitrogens with zero attached hydrogens (tertiary/aromatic N) is 1. The maximum Gasteiger partial charge on any atom is 0.142 e. The van der Waals surface area contributed by atoms with Gasteiger partial charge in [-0.1, -0.05) is 0 Å². The summed E-state index contributed by atoms with van der Waals surface area (Å²) in [5.41, 5.74) is 8.10. The molecule has 1 aromatic carbocycles. The molecule has 0 saturated heterocycles. The van der Waals surface area contributed by atoms with Gasteiger partial charge in [-0.25, -0.2) is 0 Å². The van der Waals surface area contributed by atoms with Crippen LogP contribution in [0.2, 0.25) is 0 Å². The van der Waals surface area contributed by atoms with Crippen LogP contribution in [0.1, 0.15) is 24.0 Å². The normalized spacial score (nSPS) is 15.6. The standard InChI is InChI=1S/C12H16N2O2/c1-16-11-5-8(7-15)4-9(12(11)13)6-14-10-2-3-10/h4-6,10,15H,2-3,7,13H2,1H3. The van der Waals surface area contributed by atoms with Gasteiger partial charge in [0.05, 0.1) is 25.4 Å². The van der Waals surface area contributed by atoms with E-state index >= 15 is 0 Å². The Labute approximate surface area is 94.8 Å². The first-order chi connectivity index (χ1) is 7.74.